The molecule has 5 nitrogen and oxygen atoms in total. The molecule has 1 aromatic heterocycles. The third-order valence-electron chi connectivity index (χ3n) is 2.19. The van der Waals surface area contributed by atoms with Crippen molar-refractivity contribution in [1.29, 1.82) is 0 Å². The predicted molar refractivity (Wildman–Crippen MR) is 70.6 cm³/mol. The van der Waals surface area contributed by atoms with Gasteiger partial charge in [-0.15, -0.1) is 0 Å². The largest absolute Gasteiger partial charge is 0.398 e. The van der Waals surface area contributed by atoms with Gasteiger partial charge in [-0.2, -0.15) is 0 Å². The van der Waals surface area contributed by atoms with Gasteiger partial charge >= 0.3 is 0 Å². The van der Waals surface area contributed by atoms with E-state index in [4.69, 9.17) is 10.9 Å². The Kier molecular flexibility index (Phi) is 3.55. The van der Waals surface area contributed by atoms with Gasteiger partial charge in [0, 0.05) is 27.9 Å². The van der Waals surface area contributed by atoms with Crippen molar-refractivity contribution in [3.8, 4) is 0 Å². The fraction of sp³-hybridized carbons (Fsp3) is 0. The van der Waals surface area contributed by atoms with Crippen molar-refractivity contribution in [3.05, 3.63) is 42.7 Å². The van der Waals surface area contributed by atoms with Crippen LogP contribution in [0.5, 0.6) is 0 Å². The molecule has 7 heteroatoms. The molecule has 0 unspecified atom stereocenters. The van der Waals surface area contributed by atoms with Crippen LogP contribution in [0, 0.1) is 0 Å². The summed E-state index contributed by atoms with van der Waals surface area (Å²) < 4.78 is 22.5. The van der Waals surface area contributed by atoms with Crippen LogP contribution in [-0.4, -0.2) is 13.4 Å². The fourth-order valence-corrected chi connectivity index (χ4v) is 2.81. The zero-order valence-corrected chi connectivity index (χ0v) is 10.9. The van der Waals surface area contributed by atoms with E-state index < -0.39 is 10.0 Å². The summed E-state index contributed by atoms with van der Waals surface area (Å²) in [5, 5.41) is 5.08. The molecule has 0 aliphatic rings. The third kappa shape index (κ3) is 3.00. The summed E-state index contributed by atoms with van der Waals surface area (Å²) in [7, 11) is -3.72. The van der Waals surface area contributed by atoms with Crippen molar-refractivity contribution < 1.29 is 8.42 Å². The summed E-state index contributed by atoms with van der Waals surface area (Å²) in [6.07, 6.45) is 3.31. The van der Waals surface area contributed by atoms with Gasteiger partial charge in [0.25, 0.3) is 0 Å². The number of anilines is 1. The number of nitrogens with zero attached hydrogens (tertiary/aromatic N) is 1. The normalized spacial score (nSPS) is 11.4. The SMILES string of the molecule is Nc1ccc(S(N)(=O)=O)cc1Sc1ccncc1. The number of benzene rings is 1. The lowest BCUT2D eigenvalue weighted by Gasteiger charge is -2.07. The number of nitrogen functional groups attached to an aromatic ring is 1. The van der Waals surface area contributed by atoms with E-state index in [9.17, 15) is 8.42 Å². The van der Waals surface area contributed by atoms with E-state index in [-0.39, 0.29) is 4.90 Å². The standard InChI is InChI=1S/C11H11N3O2S2/c12-10-2-1-9(18(13,15)16)7-11(10)17-8-3-5-14-6-4-8/h1-7H,12H2,(H2,13,15,16). The van der Waals surface area contributed by atoms with Gasteiger partial charge in [0.2, 0.25) is 10.0 Å². The molecule has 18 heavy (non-hydrogen) atoms. The second-order valence-electron chi connectivity index (χ2n) is 3.53. The summed E-state index contributed by atoms with van der Waals surface area (Å²) in [5.41, 5.74) is 6.31. The smallest absolute Gasteiger partial charge is 0.238 e. The first-order valence-electron chi connectivity index (χ1n) is 4.97. The van der Waals surface area contributed by atoms with Gasteiger partial charge in [-0.3, -0.25) is 4.98 Å². The highest BCUT2D eigenvalue weighted by Gasteiger charge is 2.11. The molecule has 4 N–H and O–H groups in total. The number of aromatic nitrogens is 1. The lowest BCUT2D eigenvalue weighted by molar-refractivity contribution is 0.597. The van der Waals surface area contributed by atoms with Crippen LogP contribution in [0.4, 0.5) is 5.69 Å². The highest BCUT2D eigenvalue weighted by Crippen LogP contribution is 2.33. The van der Waals surface area contributed by atoms with Crippen LogP contribution in [0.1, 0.15) is 0 Å². The maximum atomic E-state index is 11.3. The van der Waals surface area contributed by atoms with Crippen molar-refractivity contribution in [2.24, 2.45) is 5.14 Å². The van der Waals surface area contributed by atoms with Crippen molar-refractivity contribution in [2.45, 2.75) is 14.7 Å². The molecule has 0 saturated carbocycles. The van der Waals surface area contributed by atoms with E-state index in [0.29, 0.717) is 10.6 Å². The minimum atomic E-state index is -3.72. The molecular formula is C11H11N3O2S2. The average molecular weight is 281 g/mol. The molecule has 0 fully saturated rings. The molecule has 0 spiro atoms. The molecule has 1 heterocycles. The second kappa shape index (κ2) is 4.97. The van der Waals surface area contributed by atoms with Crippen LogP contribution in [-0.2, 0) is 10.0 Å². The van der Waals surface area contributed by atoms with Crippen molar-refractivity contribution in [1.82, 2.24) is 4.98 Å². The van der Waals surface area contributed by atoms with E-state index in [0.717, 1.165) is 4.90 Å². The first-order valence-corrected chi connectivity index (χ1v) is 7.33. The molecule has 0 amide bonds. The monoisotopic (exact) mass is 281 g/mol. The van der Waals surface area contributed by atoms with Crippen LogP contribution in [0.3, 0.4) is 0 Å². The van der Waals surface area contributed by atoms with Gasteiger partial charge in [-0.05, 0) is 30.3 Å². The molecule has 1 aromatic carbocycles. The van der Waals surface area contributed by atoms with Crippen LogP contribution in [0.25, 0.3) is 0 Å². The summed E-state index contributed by atoms with van der Waals surface area (Å²) >= 11 is 1.36. The lowest BCUT2D eigenvalue weighted by Crippen LogP contribution is -2.12. The number of sulfonamides is 1. The molecule has 0 saturated heterocycles. The van der Waals surface area contributed by atoms with E-state index >= 15 is 0 Å². The molecule has 0 atom stereocenters. The Morgan fingerprint density at radius 2 is 1.78 bits per heavy atom. The Hall–Kier alpha value is -1.57. The Balaban J connectivity index is 2.39. The molecule has 0 aliphatic heterocycles. The van der Waals surface area contributed by atoms with Crippen LogP contribution >= 0.6 is 11.8 Å². The Bertz CT molecular complexity index is 657. The first kappa shape index (κ1) is 12.9. The zero-order valence-electron chi connectivity index (χ0n) is 9.28. The molecule has 0 aliphatic carbocycles. The van der Waals surface area contributed by atoms with Gasteiger partial charge in [-0.1, -0.05) is 11.8 Å². The topological polar surface area (TPSA) is 99.1 Å². The quantitative estimate of drug-likeness (QED) is 0.830. The number of nitrogens with two attached hydrogens (primary N) is 2. The Labute approximate surface area is 109 Å². The van der Waals surface area contributed by atoms with Gasteiger partial charge in [0.15, 0.2) is 0 Å². The van der Waals surface area contributed by atoms with E-state index in [1.54, 1.807) is 12.4 Å². The van der Waals surface area contributed by atoms with Gasteiger partial charge in [0.05, 0.1) is 4.90 Å². The number of hydrogen-bond acceptors (Lipinski definition) is 5. The van der Waals surface area contributed by atoms with Gasteiger partial charge < -0.3 is 5.73 Å². The van der Waals surface area contributed by atoms with Gasteiger partial charge in [0.1, 0.15) is 0 Å². The summed E-state index contributed by atoms with van der Waals surface area (Å²) in [6.45, 7) is 0. The van der Waals surface area contributed by atoms with E-state index in [1.807, 2.05) is 12.1 Å². The number of rotatable bonds is 3. The van der Waals surface area contributed by atoms with Gasteiger partial charge in [-0.25, -0.2) is 13.6 Å². The van der Waals surface area contributed by atoms with Crippen molar-refractivity contribution in [3.63, 3.8) is 0 Å². The molecule has 0 bridgehead atoms. The van der Waals surface area contributed by atoms with Crippen LogP contribution < -0.4 is 10.9 Å². The Morgan fingerprint density at radius 3 is 2.39 bits per heavy atom. The summed E-state index contributed by atoms with van der Waals surface area (Å²) in [5.74, 6) is 0. The molecular weight excluding hydrogens is 270 g/mol. The van der Waals surface area contributed by atoms with Crippen molar-refractivity contribution >= 4 is 27.5 Å². The minimum Gasteiger partial charge on any atom is -0.398 e. The zero-order chi connectivity index (χ0) is 13.2. The van der Waals surface area contributed by atoms with Crippen LogP contribution in [0.15, 0.2) is 57.4 Å². The lowest BCUT2D eigenvalue weighted by atomic mass is 10.3. The van der Waals surface area contributed by atoms with E-state index in [1.165, 1.54) is 30.0 Å². The highest BCUT2D eigenvalue weighted by atomic mass is 32.2. The molecule has 94 valence electrons. The maximum absolute atomic E-state index is 11.3. The number of primary sulfonamides is 1. The first-order chi connectivity index (χ1) is 8.47. The van der Waals surface area contributed by atoms with Crippen LogP contribution in [0.2, 0.25) is 0 Å². The highest BCUT2D eigenvalue weighted by molar-refractivity contribution is 7.99. The Morgan fingerprint density at radius 1 is 1.11 bits per heavy atom. The fourth-order valence-electron chi connectivity index (χ4n) is 1.31. The number of hydrogen-bond donors (Lipinski definition) is 2. The average Bonchev–Trinajstić information content (AvgIpc) is 2.32. The molecule has 0 radical (unpaired) electrons. The summed E-state index contributed by atoms with van der Waals surface area (Å²) in [6, 6.07) is 8.02. The predicted octanol–water partition coefficient (Wildman–Crippen LogP) is 1.46. The maximum Gasteiger partial charge on any atom is 0.238 e. The third-order valence-corrected chi connectivity index (χ3v) is 4.18. The van der Waals surface area contributed by atoms with E-state index in [2.05, 4.69) is 4.98 Å². The summed E-state index contributed by atoms with van der Waals surface area (Å²) in [4.78, 5) is 5.52. The number of pyridine rings is 1. The second-order valence-corrected chi connectivity index (χ2v) is 6.21. The molecule has 2 aromatic rings. The minimum absolute atomic E-state index is 0.0493. The molecule has 2 rings (SSSR count). The van der Waals surface area contributed by atoms with Crippen molar-refractivity contribution in [2.75, 3.05) is 5.73 Å².